The Morgan fingerprint density at radius 2 is 1.78 bits per heavy atom. The van der Waals surface area contributed by atoms with Gasteiger partial charge in [0.2, 0.25) is 0 Å². The van der Waals surface area contributed by atoms with Gasteiger partial charge in [0.15, 0.2) is 0 Å². The van der Waals surface area contributed by atoms with Crippen molar-refractivity contribution < 1.29 is 26.4 Å². The number of nitrogens with two attached hydrogens (primary N) is 1. The average molecular weight is 283 g/mol. The van der Waals surface area contributed by atoms with Gasteiger partial charge < -0.3 is 0 Å². The predicted molar refractivity (Wildman–Crippen MR) is 54.5 cm³/mol. The fraction of sp³-hybridized carbons (Fsp3) is 0.125. The monoisotopic (exact) mass is 283 g/mol. The maximum absolute atomic E-state index is 12.6. The van der Waals surface area contributed by atoms with Gasteiger partial charge in [-0.1, -0.05) is 12.1 Å². The summed E-state index contributed by atoms with van der Waals surface area (Å²) in [4.78, 5) is 9.70. The minimum absolute atomic E-state index is 0.592. The van der Waals surface area contributed by atoms with E-state index in [0.29, 0.717) is 6.07 Å². The Labute approximate surface area is 100.0 Å². The van der Waals surface area contributed by atoms with Gasteiger partial charge in [0.25, 0.3) is 10.0 Å². The maximum atomic E-state index is 12.6. The van der Waals surface area contributed by atoms with E-state index < -0.39 is 32.7 Å². The van der Waals surface area contributed by atoms with E-state index in [9.17, 15) is 26.4 Å². The molecular formula is C8H8F3N3O3S. The van der Waals surface area contributed by atoms with Crippen LogP contribution in [-0.2, 0) is 16.2 Å². The van der Waals surface area contributed by atoms with Gasteiger partial charge >= 0.3 is 12.2 Å². The molecule has 0 saturated heterocycles. The van der Waals surface area contributed by atoms with Crippen LogP contribution < -0.4 is 16.0 Å². The lowest BCUT2D eigenvalue weighted by molar-refractivity contribution is -0.139. The number of rotatable bonds is 2. The van der Waals surface area contributed by atoms with Crippen LogP contribution in [0.4, 0.5) is 18.0 Å². The third kappa shape index (κ3) is 3.11. The summed E-state index contributed by atoms with van der Waals surface area (Å²) < 4.78 is 62.2. The van der Waals surface area contributed by atoms with Crippen LogP contribution in [0.25, 0.3) is 0 Å². The number of hydrogen-bond acceptors (Lipinski definition) is 4. The van der Waals surface area contributed by atoms with E-state index in [-0.39, 0.29) is 0 Å². The SMILES string of the molecule is NNC(=O)NS(=O)(=O)c1ccccc1C(F)(F)F. The molecule has 10 heteroatoms. The number of hydrazine groups is 1. The van der Waals surface area contributed by atoms with Crippen LogP contribution in [0.15, 0.2) is 29.2 Å². The second-order valence-electron chi connectivity index (χ2n) is 3.07. The van der Waals surface area contributed by atoms with Gasteiger partial charge in [-0.3, -0.25) is 5.43 Å². The lowest BCUT2D eigenvalue weighted by Gasteiger charge is -2.13. The number of nitrogens with one attached hydrogen (secondary N) is 2. The lowest BCUT2D eigenvalue weighted by atomic mass is 10.2. The number of carbonyl (C=O) groups is 1. The second-order valence-corrected chi connectivity index (χ2v) is 4.72. The number of benzene rings is 1. The number of urea groups is 1. The third-order valence-corrected chi connectivity index (χ3v) is 3.23. The third-order valence-electron chi connectivity index (χ3n) is 1.84. The summed E-state index contributed by atoms with van der Waals surface area (Å²) in [5, 5.41) is 0. The number of carbonyl (C=O) groups excluding carboxylic acids is 1. The fourth-order valence-electron chi connectivity index (χ4n) is 1.14. The molecule has 0 heterocycles. The van der Waals surface area contributed by atoms with Crippen LogP contribution in [0.2, 0.25) is 0 Å². The van der Waals surface area contributed by atoms with Crippen LogP contribution in [-0.4, -0.2) is 14.4 Å². The molecule has 0 aliphatic heterocycles. The zero-order valence-corrected chi connectivity index (χ0v) is 9.47. The molecule has 0 aromatic heterocycles. The highest BCUT2D eigenvalue weighted by Crippen LogP contribution is 2.33. The molecule has 1 aromatic carbocycles. The van der Waals surface area contributed by atoms with E-state index in [1.807, 2.05) is 0 Å². The molecule has 6 nitrogen and oxygen atoms in total. The van der Waals surface area contributed by atoms with Crippen molar-refractivity contribution in [1.29, 1.82) is 0 Å². The summed E-state index contributed by atoms with van der Waals surface area (Å²) in [7, 11) is -4.65. The zero-order valence-electron chi connectivity index (χ0n) is 8.65. The summed E-state index contributed by atoms with van der Waals surface area (Å²) in [5.41, 5.74) is 0.0657. The standard InChI is InChI=1S/C8H8F3N3O3S/c9-8(10,11)5-3-1-2-4-6(5)18(16,17)14-7(15)13-12/h1-4H,12H2,(H2,13,14,15). The Morgan fingerprint density at radius 3 is 2.28 bits per heavy atom. The van der Waals surface area contributed by atoms with Crippen molar-refractivity contribution in [2.75, 3.05) is 0 Å². The van der Waals surface area contributed by atoms with Crippen LogP contribution in [0.3, 0.4) is 0 Å². The minimum atomic E-state index is -4.86. The van der Waals surface area contributed by atoms with Crippen molar-refractivity contribution in [3.8, 4) is 0 Å². The molecule has 0 fully saturated rings. The predicted octanol–water partition coefficient (Wildman–Crippen LogP) is 0.567. The van der Waals surface area contributed by atoms with E-state index >= 15 is 0 Å². The topological polar surface area (TPSA) is 101 Å². The Hall–Kier alpha value is -1.81. The van der Waals surface area contributed by atoms with E-state index in [1.54, 1.807) is 0 Å². The molecule has 0 aliphatic rings. The van der Waals surface area contributed by atoms with Gasteiger partial charge in [0.1, 0.15) is 0 Å². The molecule has 1 aromatic rings. The Kier molecular flexibility index (Phi) is 3.82. The van der Waals surface area contributed by atoms with Gasteiger partial charge in [-0.15, -0.1) is 0 Å². The summed E-state index contributed by atoms with van der Waals surface area (Å²) in [6.45, 7) is 0. The first-order chi connectivity index (χ1) is 8.18. The molecule has 2 amide bonds. The van der Waals surface area contributed by atoms with Crippen LogP contribution in [0, 0.1) is 0 Å². The van der Waals surface area contributed by atoms with Crippen LogP contribution in [0.1, 0.15) is 5.56 Å². The molecule has 1 rings (SSSR count). The molecule has 4 N–H and O–H groups in total. The van der Waals surface area contributed by atoms with E-state index in [4.69, 9.17) is 0 Å². The fourth-order valence-corrected chi connectivity index (χ4v) is 2.29. The highest BCUT2D eigenvalue weighted by atomic mass is 32.2. The normalized spacial score (nSPS) is 12.0. The zero-order chi connectivity index (χ0) is 14.0. The maximum Gasteiger partial charge on any atom is 0.417 e. The molecule has 100 valence electrons. The molecule has 18 heavy (non-hydrogen) atoms. The lowest BCUT2D eigenvalue weighted by Crippen LogP contribution is -2.43. The number of halogens is 3. The summed E-state index contributed by atoms with van der Waals surface area (Å²) in [5.74, 6) is 4.63. The van der Waals surface area contributed by atoms with E-state index in [0.717, 1.165) is 18.2 Å². The number of alkyl halides is 3. The molecule has 0 unspecified atom stereocenters. The van der Waals surface area contributed by atoms with Gasteiger partial charge in [-0.05, 0) is 12.1 Å². The first-order valence-corrected chi connectivity index (χ1v) is 5.86. The van der Waals surface area contributed by atoms with Crippen molar-refractivity contribution >= 4 is 16.1 Å². The van der Waals surface area contributed by atoms with Crippen molar-refractivity contribution in [2.24, 2.45) is 5.84 Å². The molecule has 0 radical (unpaired) electrons. The highest BCUT2D eigenvalue weighted by Gasteiger charge is 2.37. The summed E-state index contributed by atoms with van der Waals surface area (Å²) >= 11 is 0. The van der Waals surface area contributed by atoms with Gasteiger partial charge in [0, 0.05) is 0 Å². The molecule has 0 aliphatic carbocycles. The van der Waals surface area contributed by atoms with Crippen molar-refractivity contribution in [1.82, 2.24) is 10.1 Å². The summed E-state index contributed by atoms with van der Waals surface area (Å²) in [6.07, 6.45) is -4.86. The molecule has 0 atom stereocenters. The number of amides is 2. The smallest absolute Gasteiger partial charge is 0.275 e. The molecule has 0 saturated carbocycles. The summed E-state index contributed by atoms with van der Waals surface area (Å²) in [6, 6.07) is 2.12. The Balaban J connectivity index is 3.30. The van der Waals surface area contributed by atoms with Gasteiger partial charge in [-0.2, -0.15) is 13.2 Å². The molecule has 0 bridgehead atoms. The first kappa shape index (κ1) is 14.3. The number of sulfonamides is 1. The van der Waals surface area contributed by atoms with Gasteiger partial charge in [-0.25, -0.2) is 23.8 Å². The second kappa shape index (κ2) is 4.82. The number of hydrogen-bond donors (Lipinski definition) is 3. The average Bonchev–Trinajstić information content (AvgIpc) is 2.27. The first-order valence-electron chi connectivity index (χ1n) is 4.38. The van der Waals surface area contributed by atoms with E-state index in [2.05, 4.69) is 5.84 Å². The van der Waals surface area contributed by atoms with Crippen LogP contribution >= 0.6 is 0 Å². The van der Waals surface area contributed by atoms with Crippen molar-refractivity contribution in [3.63, 3.8) is 0 Å². The van der Waals surface area contributed by atoms with E-state index in [1.165, 1.54) is 10.1 Å². The van der Waals surface area contributed by atoms with Gasteiger partial charge in [0.05, 0.1) is 10.5 Å². The minimum Gasteiger partial charge on any atom is -0.275 e. The highest BCUT2D eigenvalue weighted by molar-refractivity contribution is 7.90. The molecular weight excluding hydrogens is 275 g/mol. The molecule has 0 spiro atoms. The largest absolute Gasteiger partial charge is 0.417 e. The van der Waals surface area contributed by atoms with Crippen molar-refractivity contribution in [3.05, 3.63) is 29.8 Å². The Bertz CT molecular complexity index is 556. The quantitative estimate of drug-likeness (QED) is 0.419. The van der Waals surface area contributed by atoms with Crippen molar-refractivity contribution in [2.45, 2.75) is 11.1 Å². The van der Waals surface area contributed by atoms with Crippen LogP contribution in [0.5, 0.6) is 0 Å². The Morgan fingerprint density at radius 1 is 1.22 bits per heavy atom.